The molecule has 192 valence electrons. The Labute approximate surface area is 221 Å². The SMILES string of the molecule is N#Cc1cccc2c1CCN(C(=O)/C(N)=C/Nc1cccc(Cl)c1F)C2C(=O)Nc1ccc(C(=O)O)cc1. The van der Waals surface area contributed by atoms with E-state index in [0.29, 0.717) is 28.8 Å². The van der Waals surface area contributed by atoms with Crippen molar-refractivity contribution in [3.63, 3.8) is 0 Å². The molecule has 0 aliphatic carbocycles. The number of carboxylic acid groups (broad SMARTS) is 1. The van der Waals surface area contributed by atoms with Crippen molar-refractivity contribution in [3.05, 3.63) is 106 Å². The van der Waals surface area contributed by atoms with Crippen LogP contribution in [0.2, 0.25) is 5.02 Å². The Morgan fingerprint density at radius 2 is 1.84 bits per heavy atom. The van der Waals surface area contributed by atoms with Gasteiger partial charge in [0.15, 0.2) is 5.82 Å². The number of hydrogen-bond donors (Lipinski definition) is 4. The Kier molecular flexibility index (Phi) is 7.60. The van der Waals surface area contributed by atoms with E-state index in [4.69, 9.17) is 22.4 Å². The van der Waals surface area contributed by atoms with E-state index in [9.17, 15) is 24.0 Å². The highest BCUT2D eigenvalue weighted by Gasteiger charge is 2.37. The number of nitrogens with two attached hydrogens (primary N) is 1. The summed E-state index contributed by atoms with van der Waals surface area (Å²) in [4.78, 5) is 39.3. The van der Waals surface area contributed by atoms with Gasteiger partial charge in [-0.15, -0.1) is 0 Å². The lowest BCUT2D eigenvalue weighted by atomic mass is 9.88. The maximum atomic E-state index is 14.2. The second kappa shape index (κ2) is 11.0. The van der Waals surface area contributed by atoms with Crippen LogP contribution in [0.4, 0.5) is 15.8 Å². The zero-order chi connectivity index (χ0) is 27.4. The van der Waals surface area contributed by atoms with Crippen LogP contribution >= 0.6 is 11.6 Å². The van der Waals surface area contributed by atoms with E-state index in [-0.39, 0.29) is 28.5 Å². The van der Waals surface area contributed by atoms with Crippen molar-refractivity contribution >= 4 is 40.8 Å². The molecule has 38 heavy (non-hydrogen) atoms. The van der Waals surface area contributed by atoms with E-state index in [1.165, 1.54) is 47.4 Å². The molecule has 9 nitrogen and oxygen atoms in total. The van der Waals surface area contributed by atoms with Gasteiger partial charge in [0.1, 0.15) is 11.7 Å². The summed E-state index contributed by atoms with van der Waals surface area (Å²) in [5.41, 5.74) is 7.61. The quantitative estimate of drug-likeness (QED) is 0.349. The number of hydrogen-bond acceptors (Lipinski definition) is 6. The van der Waals surface area contributed by atoms with Crippen LogP contribution in [0.1, 0.15) is 33.1 Å². The summed E-state index contributed by atoms with van der Waals surface area (Å²) in [6.45, 7) is 0.0840. The Balaban J connectivity index is 1.65. The van der Waals surface area contributed by atoms with E-state index in [2.05, 4.69) is 16.7 Å². The molecule has 2 amide bonds. The minimum absolute atomic E-state index is 0.00926. The molecule has 4 rings (SSSR count). The number of aromatic carboxylic acids is 1. The summed E-state index contributed by atoms with van der Waals surface area (Å²) >= 11 is 5.79. The van der Waals surface area contributed by atoms with E-state index in [1.54, 1.807) is 18.2 Å². The maximum absolute atomic E-state index is 14.2. The number of nitrogens with zero attached hydrogens (tertiary/aromatic N) is 2. The number of carbonyl (C=O) groups excluding carboxylic acids is 2. The van der Waals surface area contributed by atoms with Gasteiger partial charge in [-0.1, -0.05) is 29.8 Å². The minimum Gasteiger partial charge on any atom is -0.478 e. The number of amides is 2. The van der Waals surface area contributed by atoms with Gasteiger partial charge in [-0.25, -0.2) is 9.18 Å². The second-order valence-corrected chi connectivity index (χ2v) is 8.76. The summed E-state index contributed by atoms with van der Waals surface area (Å²) in [6.07, 6.45) is 1.43. The summed E-state index contributed by atoms with van der Waals surface area (Å²) in [7, 11) is 0. The topological polar surface area (TPSA) is 149 Å². The lowest BCUT2D eigenvalue weighted by Gasteiger charge is -2.36. The lowest BCUT2D eigenvalue weighted by Crippen LogP contribution is -2.47. The standard InChI is InChI=1S/C27H21ClFN5O4/c28-20-5-2-6-22(23(20)29)32-14-21(31)26(36)34-12-11-18-16(13-30)3-1-4-19(18)24(34)25(35)33-17-9-7-15(8-10-17)27(37)38/h1-10,14,24,32H,11-12,31H2,(H,33,35)(H,37,38)/b21-14-. The van der Waals surface area contributed by atoms with Gasteiger partial charge < -0.3 is 26.4 Å². The van der Waals surface area contributed by atoms with E-state index < -0.39 is 29.6 Å². The summed E-state index contributed by atoms with van der Waals surface area (Å²) in [5.74, 6) is -3.10. The molecular formula is C27H21ClFN5O4. The summed E-state index contributed by atoms with van der Waals surface area (Å²) in [6, 6.07) is 15.7. The third kappa shape index (κ3) is 5.28. The molecule has 3 aromatic rings. The first-order valence-corrected chi connectivity index (χ1v) is 11.7. The molecule has 1 atom stereocenters. The number of fused-ring (bicyclic) bond motifs is 1. The smallest absolute Gasteiger partial charge is 0.335 e. The van der Waals surface area contributed by atoms with Crippen LogP contribution in [0.25, 0.3) is 0 Å². The van der Waals surface area contributed by atoms with Crippen LogP contribution in [0.5, 0.6) is 0 Å². The molecular weight excluding hydrogens is 513 g/mol. The van der Waals surface area contributed by atoms with Gasteiger partial charge in [-0.3, -0.25) is 9.59 Å². The van der Waals surface area contributed by atoms with Gasteiger partial charge in [0, 0.05) is 18.4 Å². The Morgan fingerprint density at radius 1 is 1.13 bits per heavy atom. The molecule has 1 aliphatic heterocycles. The first-order valence-electron chi connectivity index (χ1n) is 11.3. The van der Waals surface area contributed by atoms with Crippen molar-refractivity contribution in [2.75, 3.05) is 17.2 Å². The van der Waals surface area contributed by atoms with Gasteiger partial charge in [0.2, 0.25) is 0 Å². The van der Waals surface area contributed by atoms with Crippen LogP contribution in [-0.4, -0.2) is 34.3 Å². The van der Waals surface area contributed by atoms with Crippen molar-refractivity contribution in [1.82, 2.24) is 4.90 Å². The number of carbonyl (C=O) groups is 3. The van der Waals surface area contributed by atoms with E-state index in [0.717, 1.165) is 6.20 Å². The Morgan fingerprint density at radius 3 is 2.53 bits per heavy atom. The largest absolute Gasteiger partial charge is 0.478 e. The predicted molar refractivity (Wildman–Crippen MR) is 139 cm³/mol. The van der Waals surface area contributed by atoms with Crippen molar-refractivity contribution < 1.29 is 23.9 Å². The van der Waals surface area contributed by atoms with Gasteiger partial charge >= 0.3 is 5.97 Å². The summed E-state index contributed by atoms with van der Waals surface area (Å²) < 4.78 is 14.2. The first kappa shape index (κ1) is 26.2. The fraction of sp³-hybridized carbons (Fsp3) is 0.111. The molecule has 1 unspecified atom stereocenters. The minimum atomic E-state index is -1.14. The Hall–Kier alpha value is -4.88. The third-order valence-electron chi connectivity index (χ3n) is 6.03. The van der Waals surface area contributed by atoms with Gasteiger partial charge in [-0.05, 0) is 60.0 Å². The van der Waals surface area contributed by atoms with Gasteiger partial charge in [-0.2, -0.15) is 5.26 Å². The zero-order valence-corrected chi connectivity index (χ0v) is 20.5. The van der Waals surface area contributed by atoms with Gasteiger partial charge in [0.05, 0.1) is 27.9 Å². The van der Waals surface area contributed by atoms with Crippen LogP contribution < -0.4 is 16.4 Å². The molecule has 0 bridgehead atoms. The van der Waals surface area contributed by atoms with Crippen molar-refractivity contribution in [1.29, 1.82) is 5.26 Å². The van der Waals surface area contributed by atoms with Crippen molar-refractivity contribution in [3.8, 4) is 6.07 Å². The molecule has 11 heteroatoms. The first-order chi connectivity index (χ1) is 18.2. The Bertz CT molecular complexity index is 1500. The maximum Gasteiger partial charge on any atom is 0.335 e. The number of rotatable bonds is 6. The number of carboxylic acids is 1. The highest BCUT2D eigenvalue weighted by atomic mass is 35.5. The molecule has 3 aromatic carbocycles. The monoisotopic (exact) mass is 533 g/mol. The van der Waals surface area contributed by atoms with E-state index in [1.807, 2.05) is 0 Å². The molecule has 0 saturated carbocycles. The van der Waals surface area contributed by atoms with Crippen molar-refractivity contribution in [2.24, 2.45) is 5.73 Å². The highest BCUT2D eigenvalue weighted by molar-refractivity contribution is 6.31. The zero-order valence-electron chi connectivity index (χ0n) is 19.7. The molecule has 0 radical (unpaired) electrons. The predicted octanol–water partition coefficient (Wildman–Crippen LogP) is 4.03. The average Bonchev–Trinajstić information content (AvgIpc) is 2.92. The number of anilines is 2. The number of benzene rings is 3. The summed E-state index contributed by atoms with van der Waals surface area (Å²) in [5, 5.41) is 23.9. The molecule has 0 aromatic heterocycles. The molecule has 0 spiro atoms. The number of nitrogens with one attached hydrogen (secondary N) is 2. The van der Waals surface area contributed by atoms with Crippen LogP contribution in [0.3, 0.4) is 0 Å². The van der Waals surface area contributed by atoms with E-state index >= 15 is 0 Å². The fourth-order valence-corrected chi connectivity index (χ4v) is 4.36. The van der Waals surface area contributed by atoms with Crippen molar-refractivity contribution in [2.45, 2.75) is 12.5 Å². The van der Waals surface area contributed by atoms with Crippen LogP contribution in [0, 0.1) is 17.1 Å². The van der Waals surface area contributed by atoms with Gasteiger partial charge in [0.25, 0.3) is 11.8 Å². The second-order valence-electron chi connectivity index (χ2n) is 8.35. The average molecular weight is 534 g/mol. The molecule has 0 saturated heterocycles. The lowest BCUT2D eigenvalue weighted by molar-refractivity contribution is -0.136. The molecule has 1 heterocycles. The molecule has 0 fully saturated rings. The molecule has 1 aliphatic rings. The number of nitriles is 1. The highest BCUT2D eigenvalue weighted by Crippen LogP contribution is 2.33. The molecule has 5 N–H and O–H groups in total. The number of halogens is 2. The van der Waals surface area contributed by atoms with Crippen LogP contribution in [0.15, 0.2) is 72.6 Å². The fourth-order valence-electron chi connectivity index (χ4n) is 4.18. The normalized spacial score (nSPS) is 14.7. The third-order valence-corrected chi connectivity index (χ3v) is 6.32. The van der Waals surface area contributed by atoms with Crippen LogP contribution in [-0.2, 0) is 16.0 Å².